The summed E-state index contributed by atoms with van der Waals surface area (Å²) in [6.45, 7) is 0. The molecule has 0 heterocycles. The molecule has 2 rings (SSSR count). The van der Waals surface area contributed by atoms with Crippen molar-refractivity contribution < 1.29 is 61.5 Å². The van der Waals surface area contributed by atoms with Gasteiger partial charge in [0.1, 0.15) is 5.56 Å². The van der Waals surface area contributed by atoms with Gasteiger partial charge in [0.05, 0.1) is 11.1 Å². The lowest BCUT2D eigenvalue weighted by atomic mass is 9.91. The Labute approximate surface area is 149 Å². The number of rotatable bonds is 2. The van der Waals surface area contributed by atoms with Crippen LogP contribution in [0.1, 0.15) is 16.7 Å². The third-order valence-electron chi connectivity index (χ3n) is 3.45. The van der Waals surface area contributed by atoms with Crippen LogP contribution in [0.4, 0.5) is 61.5 Å². The minimum absolute atomic E-state index is 2.82. The fourth-order valence-corrected chi connectivity index (χ4v) is 2.27. The third-order valence-corrected chi connectivity index (χ3v) is 3.45. The van der Waals surface area contributed by atoms with Gasteiger partial charge in [0, 0.05) is 5.56 Å². The molecule has 0 aliphatic rings. The summed E-state index contributed by atoms with van der Waals surface area (Å²) in [5.41, 5.74) is -12.2. The molecular weight excluding hydrogens is 446 g/mol. The fraction of sp³-hybridized carbons (Fsp3) is 0.0667. The number of hydrogen-bond acceptors (Lipinski definition) is 0. The summed E-state index contributed by atoms with van der Waals surface area (Å²) in [5, 5.41) is 0. The zero-order chi connectivity index (χ0) is 22.6. The second-order valence-corrected chi connectivity index (χ2v) is 5.08. The first kappa shape index (κ1) is 22.5. The Morgan fingerprint density at radius 2 is 0.759 bits per heavy atom. The van der Waals surface area contributed by atoms with E-state index in [2.05, 4.69) is 0 Å². The van der Waals surface area contributed by atoms with Gasteiger partial charge in [-0.1, -0.05) is 0 Å². The second kappa shape index (κ2) is 7.22. The highest BCUT2D eigenvalue weighted by Crippen LogP contribution is 2.45. The van der Waals surface area contributed by atoms with Crippen LogP contribution in [0.25, 0.3) is 5.57 Å². The maximum Gasteiger partial charge on any atom is 0.420 e. The fourth-order valence-electron chi connectivity index (χ4n) is 2.27. The average Bonchev–Trinajstić information content (AvgIpc) is 2.62. The Morgan fingerprint density at radius 1 is 0.448 bits per heavy atom. The molecule has 2 aromatic carbocycles. The highest BCUT2D eigenvalue weighted by Gasteiger charge is 2.45. The molecule has 0 fully saturated rings. The predicted octanol–water partition coefficient (Wildman–Crippen LogP) is 6.61. The van der Waals surface area contributed by atoms with E-state index in [4.69, 9.17) is 0 Å². The first-order chi connectivity index (χ1) is 13.1. The van der Waals surface area contributed by atoms with Gasteiger partial charge in [-0.05, 0) is 0 Å². The van der Waals surface area contributed by atoms with Gasteiger partial charge in [-0.25, -0.2) is 39.5 Å². The summed E-state index contributed by atoms with van der Waals surface area (Å²) in [7, 11) is 0. The maximum atomic E-state index is 13.9. The van der Waals surface area contributed by atoms with Crippen LogP contribution >= 0.6 is 0 Å². The van der Waals surface area contributed by atoms with Crippen molar-refractivity contribution >= 4 is 5.57 Å². The number of benzene rings is 2. The van der Waals surface area contributed by atoms with Gasteiger partial charge in [-0.15, -0.1) is 0 Å². The van der Waals surface area contributed by atoms with E-state index in [0.717, 1.165) is 0 Å². The molecule has 158 valence electrons. The quantitative estimate of drug-likeness (QED) is 0.277. The van der Waals surface area contributed by atoms with E-state index in [1.165, 1.54) is 0 Å². The van der Waals surface area contributed by atoms with E-state index in [9.17, 15) is 61.5 Å². The smallest absolute Gasteiger partial charge is 0.203 e. The van der Waals surface area contributed by atoms with Crippen molar-refractivity contribution in [2.45, 2.75) is 6.18 Å². The van der Waals surface area contributed by atoms with Gasteiger partial charge >= 0.3 is 6.18 Å². The summed E-state index contributed by atoms with van der Waals surface area (Å²) in [5.74, 6) is -27.9. The van der Waals surface area contributed by atoms with Crippen molar-refractivity contribution in [3.63, 3.8) is 0 Å². The minimum Gasteiger partial charge on any atom is -0.203 e. The van der Waals surface area contributed by atoms with Crippen LogP contribution in [0.15, 0.2) is 6.08 Å². The summed E-state index contributed by atoms with van der Waals surface area (Å²) in [6.07, 6.45) is -10.0. The van der Waals surface area contributed by atoms with Crippen LogP contribution in [0.2, 0.25) is 0 Å². The minimum atomic E-state index is -6.28. The molecule has 0 atom stereocenters. The Hall–Kier alpha value is -2.80. The number of halogens is 14. The van der Waals surface area contributed by atoms with Gasteiger partial charge in [-0.3, -0.25) is 0 Å². The molecule has 0 radical (unpaired) electrons. The summed E-state index contributed by atoms with van der Waals surface area (Å²) >= 11 is 0. The van der Waals surface area contributed by atoms with E-state index in [1.807, 2.05) is 0 Å². The van der Waals surface area contributed by atoms with E-state index in [-0.39, 0.29) is 0 Å². The van der Waals surface area contributed by atoms with E-state index >= 15 is 0 Å². The molecule has 0 spiro atoms. The van der Waals surface area contributed by atoms with Gasteiger partial charge in [0.2, 0.25) is 5.82 Å². The van der Waals surface area contributed by atoms with Crippen LogP contribution in [0.3, 0.4) is 0 Å². The van der Waals surface area contributed by atoms with Gasteiger partial charge in [0.15, 0.2) is 46.5 Å². The topological polar surface area (TPSA) is 0 Å². The number of alkyl halides is 3. The molecule has 0 saturated carbocycles. The molecule has 0 unspecified atom stereocenters. The molecular formula is C15F14. The van der Waals surface area contributed by atoms with E-state index in [0.29, 0.717) is 0 Å². The molecule has 0 aliphatic carbocycles. The largest absolute Gasteiger partial charge is 0.420 e. The molecule has 0 amide bonds. The molecule has 29 heavy (non-hydrogen) atoms. The van der Waals surface area contributed by atoms with Gasteiger partial charge < -0.3 is 0 Å². The van der Waals surface area contributed by atoms with Crippen molar-refractivity contribution in [3.05, 3.63) is 75.1 Å². The lowest BCUT2D eigenvalue weighted by Gasteiger charge is -2.19. The number of hydrogen-bond donors (Lipinski definition) is 0. The standard InChI is InChI=1S/C15F14/c16-5-2(4(15(27,28)29)8(19)12(23)9(5)20)1(14(25)26)3-6(17)10(21)13(24)11(22)7(3)18. The lowest BCUT2D eigenvalue weighted by molar-refractivity contribution is -0.140. The summed E-state index contributed by atoms with van der Waals surface area (Å²) in [4.78, 5) is 0. The van der Waals surface area contributed by atoms with Crippen molar-refractivity contribution in [3.8, 4) is 0 Å². The highest BCUT2D eigenvalue weighted by molar-refractivity contribution is 5.83. The molecule has 0 saturated heterocycles. The van der Waals surface area contributed by atoms with Crippen molar-refractivity contribution in [1.82, 2.24) is 0 Å². The normalized spacial score (nSPS) is 11.8. The molecule has 0 aliphatic heterocycles. The summed E-state index contributed by atoms with van der Waals surface area (Å²) < 4.78 is 187. The van der Waals surface area contributed by atoms with E-state index in [1.54, 1.807) is 0 Å². The van der Waals surface area contributed by atoms with Crippen molar-refractivity contribution in [2.24, 2.45) is 0 Å². The molecule has 0 bridgehead atoms. The lowest BCUT2D eigenvalue weighted by Crippen LogP contribution is -2.19. The van der Waals surface area contributed by atoms with Crippen LogP contribution < -0.4 is 0 Å². The van der Waals surface area contributed by atoms with Gasteiger partial charge in [0.25, 0.3) is 6.08 Å². The van der Waals surface area contributed by atoms with Crippen LogP contribution in [0.5, 0.6) is 0 Å². The first-order valence-corrected chi connectivity index (χ1v) is 6.65. The Bertz CT molecular complexity index is 1010. The molecule has 14 heteroatoms. The molecule has 0 N–H and O–H groups in total. The van der Waals surface area contributed by atoms with Crippen LogP contribution in [0, 0.1) is 52.4 Å². The predicted molar refractivity (Wildman–Crippen MR) is 65.7 cm³/mol. The van der Waals surface area contributed by atoms with Crippen LogP contribution in [-0.4, -0.2) is 0 Å². The SMILES string of the molecule is FC(F)=C(c1c(F)c(F)c(F)c(F)c1F)c1c(F)c(F)c(F)c(F)c1C(F)(F)F. The average molecular weight is 446 g/mol. The third kappa shape index (κ3) is 3.40. The second-order valence-electron chi connectivity index (χ2n) is 5.08. The zero-order valence-corrected chi connectivity index (χ0v) is 12.8. The first-order valence-electron chi connectivity index (χ1n) is 6.65. The maximum absolute atomic E-state index is 13.9. The van der Waals surface area contributed by atoms with Crippen molar-refractivity contribution in [2.75, 3.05) is 0 Å². The Balaban J connectivity index is 3.18. The van der Waals surface area contributed by atoms with Gasteiger partial charge in [-0.2, -0.15) is 22.0 Å². The van der Waals surface area contributed by atoms with E-state index < -0.39 is 86.9 Å². The van der Waals surface area contributed by atoms with Crippen LogP contribution in [-0.2, 0) is 6.18 Å². The zero-order valence-electron chi connectivity index (χ0n) is 12.8. The molecule has 0 aromatic heterocycles. The molecule has 2 aromatic rings. The Kier molecular flexibility index (Phi) is 5.60. The van der Waals surface area contributed by atoms with Crippen molar-refractivity contribution in [1.29, 1.82) is 0 Å². The highest BCUT2D eigenvalue weighted by atomic mass is 19.4. The summed E-state index contributed by atoms with van der Waals surface area (Å²) in [6, 6.07) is 0. The molecule has 0 nitrogen and oxygen atoms in total. The monoisotopic (exact) mass is 446 g/mol. The Morgan fingerprint density at radius 3 is 1.10 bits per heavy atom.